The fourth-order valence-electron chi connectivity index (χ4n) is 2.45. The molecular formula is C17H21F2NO4. The molecule has 0 saturated heterocycles. The smallest absolute Gasteiger partial charge is 0.408 e. The molecule has 24 heavy (non-hydrogen) atoms. The summed E-state index contributed by atoms with van der Waals surface area (Å²) in [4.78, 5) is 23.5. The van der Waals surface area contributed by atoms with Gasteiger partial charge in [0, 0.05) is 6.42 Å². The van der Waals surface area contributed by atoms with Crippen LogP contribution in [0.1, 0.15) is 38.2 Å². The standard InChI is InChI=1S/C17H21F2NO4/c1-12(15(21)24-14-9-5-6-10-17(14,18)19)20-16(22)23-11-13-7-3-2-4-8-13/h2-4,7-8,12,14H,5-6,9-11H2,1H3,(H,20,22)/t12-,14?/m0/s1. The third kappa shape index (κ3) is 5.18. The average Bonchev–Trinajstić information content (AvgIpc) is 2.55. The highest BCUT2D eigenvalue weighted by Crippen LogP contribution is 2.35. The molecule has 1 N–H and O–H groups in total. The number of nitrogens with one attached hydrogen (secondary N) is 1. The summed E-state index contributed by atoms with van der Waals surface area (Å²) in [5.74, 6) is -3.90. The molecule has 2 atom stereocenters. The van der Waals surface area contributed by atoms with Crippen LogP contribution in [0.4, 0.5) is 13.6 Å². The molecule has 1 amide bonds. The molecule has 7 heteroatoms. The van der Waals surface area contributed by atoms with Gasteiger partial charge in [0.25, 0.3) is 5.92 Å². The molecule has 0 heterocycles. The SMILES string of the molecule is C[C@H](NC(=O)OCc1ccccc1)C(=O)OC1CCCCC1(F)F. The summed E-state index contributed by atoms with van der Waals surface area (Å²) in [7, 11) is 0. The Kier molecular flexibility index (Phi) is 6.11. The van der Waals surface area contributed by atoms with Crippen LogP contribution in [0.5, 0.6) is 0 Å². The topological polar surface area (TPSA) is 64.6 Å². The van der Waals surface area contributed by atoms with Crippen molar-refractivity contribution < 1.29 is 27.8 Å². The maximum atomic E-state index is 13.7. The highest BCUT2D eigenvalue weighted by Gasteiger charge is 2.44. The van der Waals surface area contributed by atoms with Crippen molar-refractivity contribution in [3.63, 3.8) is 0 Å². The Hall–Kier alpha value is -2.18. The lowest BCUT2D eigenvalue weighted by Crippen LogP contribution is -2.46. The lowest BCUT2D eigenvalue weighted by atomic mass is 9.94. The van der Waals surface area contributed by atoms with Crippen LogP contribution in [0, 0.1) is 0 Å². The molecule has 1 fully saturated rings. The second-order valence-corrected chi connectivity index (χ2v) is 5.86. The number of alkyl halides is 2. The molecular weight excluding hydrogens is 320 g/mol. The van der Waals surface area contributed by atoms with Crippen molar-refractivity contribution in [2.75, 3.05) is 0 Å². The second-order valence-electron chi connectivity index (χ2n) is 5.86. The number of rotatable bonds is 5. The van der Waals surface area contributed by atoms with Crippen LogP contribution in [-0.4, -0.2) is 30.1 Å². The van der Waals surface area contributed by atoms with Gasteiger partial charge in [-0.05, 0) is 31.7 Å². The summed E-state index contributed by atoms with van der Waals surface area (Å²) in [5.41, 5.74) is 0.796. The Bertz CT molecular complexity index is 565. The average molecular weight is 341 g/mol. The quantitative estimate of drug-likeness (QED) is 0.834. The largest absolute Gasteiger partial charge is 0.454 e. The van der Waals surface area contributed by atoms with Crippen LogP contribution in [0.25, 0.3) is 0 Å². The first kappa shape index (κ1) is 18.2. The van der Waals surface area contributed by atoms with Crippen molar-refractivity contribution in [1.29, 1.82) is 0 Å². The number of halogens is 2. The minimum Gasteiger partial charge on any atom is -0.454 e. The lowest BCUT2D eigenvalue weighted by Gasteiger charge is -2.31. The molecule has 0 radical (unpaired) electrons. The van der Waals surface area contributed by atoms with Crippen molar-refractivity contribution in [1.82, 2.24) is 5.32 Å². The molecule has 132 valence electrons. The minimum atomic E-state index is -3.01. The van der Waals surface area contributed by atoms with E-state index in [-0.39, 0.29) is 19.4 Å². The zero-order valence-electron chi connectivity index (χ0n) is 13.5. The first-order valence-corrected chi connectivity index (χ1v) is 7.94. The number of carbonyl (C=O) groups is 2. The molecule has 2 rings (SSSR count). The molecule has 1 saturated carbocycles. The van der Waals surface area contributed by atoms with Gasteiger partial charge >= 0.3 is 12.1 Å². The van der Waals surface area contributed by atoms with Gasteiger partial charge in [-0.25, -0.2) is 18.4 Å². The monoisotopic (exact) mass is 341 g/mol. The summed E-state index contributed by atoms with van der Waals surface area (Å²) in [6.07, 6.45) is -1.38. The van der Waals surface area contributed by atoms with E-state index < -0.39 is 30.1 Å². The molecule has 1 aliphatic carbocycles. The maximum absolute atomic E-state index is 13.7. The van der Waals surface area contributed by atoms with E-state index in [1.807, 2.05) is 6.07 Å². The van der Waals surface area contributed by atoms with Gasteiger partial charge in [0.1, 0.15) is 12.6 Å². The van der Waals surface area contributed by atoms with E-state index in [0.717, 1.165) is 5.56 Å². The Morgan fingerprint density at radius 1 is 1.29 bits per heavy atom. The summed E-state index contributed by atoms with van der Waals surface area (Å²) >= 11 is 0. The maximum Gasteiger partial charge on any atom is 0.408 e. The molecule has 1 aliphatic rings. The van der Waals surface area contributed by atoms with Crippen LogP contribution in [0.2, 0.25) is 0 Å². The Morgan fingerprint density at radius 2 is 2.00 bits per heavy atom. The fourth-order valence-corrected chi connectivity index (χ4v) is 2.45. The van der Waals surface area contributed by atoms with Gasteiger partial charge in [0.15, 0.2) is 6.10 Å². The van der Waals surface area contributed by atoms with Crippen molar-refractivity contribution in [3.8, 4) is 0 Å². The van der Waals surface area contributed by atoms with Gasteiger partial charge in [-0.1, -0.05) is 30.3 Å². The van der Waals surface area contributed by atoms with Crippen LogP contribution in [0.3, 0.4) is 0 Å². The molecule has 1 unspecified atom stereocenters. The summed E-state index contributed by atoms with van der Waals surface area (Å²) in [5, 5.41) is 2.29. The highest BCUT2D eigenvalue weighted by molar-refractivity contribution is 5.81. The van der Waals surface area contributed by atoms with E-state index in [1.54, 1.807) is 24.3 Å². The minimum absolute atomic E-state index is 0.0507. The predicted molar refractivity (Wildman–Crippen MR) is 82.5 cm³/mol. The second kappa shape index (κ2) is 8.08. The molecule has 0 aromatic heterocycles. The summed E-state index contributed by atoms with van der Waals surface area (Å²) in [6.45, 7) is 1.42. The van der Waals surface area contributed by atoms with E-state index in [9.17, 15) is 18.4 Å². The van der Waals surface area contributed by atoms with E-state index in [0.29, 0.717) is 12.8 Å². The van der Waals surface area contributed by atoms with Crippen molar-refractivity contribution in [2.45, 2.75) is 57.3 Å². The molecule has 0 bridgehead atoms. The Morgan fingerprint density at radius 3 is 2.67 bits per heavy atom. The first-order chi connectivity index (χ1) is 11.4. The zero-order valence-corrected chi connectivity index (χ0v) is 13.5. The number of ether oxygens (including phenoxy) is 2. The number of esters is 1. The zero-order chi connectivity index (χ0) is 17.6. The van der Waals surface area contributed by atoms with Gasteiger partial charge in [0.2, 0.25) is 0 Å². The number of benzene rings is 1. The predicted octanol–water partition coefficient (Wildman–Crippen LogP) is 3.42. The fraction of sp³-hybridized carbons (Fsp3) is 0.529. The normalized spacial score (nSPS) is 20.7. The van der Waals surface area contributed by atoms with Crippen molar-refractivity contribution >= 4 is 12.1 Å². The van der Waals surface area contributed by atoms with Crippen LogP contribution < -0.4 is 5.32 Å². The van der Waals surface area contributed by atoms with Crippen LogP contribution in [0.15, 0.2) is 30.3 Å². The van der Waals surface area contributed by atoms with E-state index in [2.05, 4.69) is 5.32 Å². The van der Waals surface area contributed by atoms with Gasteiger partial charge in [0.05, 0.1) is 0 Å². The van der Waals surface area contributed by atoms with Gasteiger partial charge < -0.3 is 14.8 Å². The Labute approximate surface area is 139 Å². The number of carbonyl (C=O) groups excluding carboxylic acids is 2. The number of alkyl carbamates (subject to hydrolysis) is 1. The number of hydrogen-bond donors (Lipinski definition) is 1. The Balaban J connectivity index is 1.77. The van der Waals surface area contributed by atoms with Crippen molar-refractivity contribution in [3.05, 3.63) is 35.9 Å². The van der Waals surface area contributed by atoms with Crippen molar-refractivity contribution in [2.24, 2.45) is 0 Å². The first-order valence-electron chi connectivity index (χ1n) is 7.94. The van der Waals surface area contributed by atoms with Gasteiger partial charge in [-0.3, -0.25) is 0 Å². The van der Waals surface area contributed by atoms with Gasteiger partial charge in [-0.15, -0.1) is 0 Å². The summed E-state index contributed by atoms with van der Waals surface area (Å²) < 4.78 is 37.2. The van der Waals surface area contributed by atoms with Crippen LogP contribution in [-0.2, 0) is 20.9 Å². The number of hydrogen-bond acceptors (Lipinski definition) is 4. The molecule has 0 aliphatic heterocycles. The van der Waals surface area contributed by atoms with E-state index >= 15 is 0 Å². The van der Waals surface area contributed by atoms with Crippen LogP contribution >= 0.6 is 0 Å². The molecule has 5 nitrogen and oxygen atoms in total. The molecule has 1 aromatic rings. The molecule has 0 spiro atoms. The molecule has 1 aromatic carbocycles. The number of amides is 1. The summed E-state index contributed by atoms with van der Waals surface area (Å²) in [6, 6.07) is 7.96. The highest BCUT2D eigenvalue weighted by atomic mass is 19.3. The van der Waals surface area contributed by atoms with Gasteiger partial charge in [-0.2, -0.15) is 0 Å². The van der Waals surface area contributed by atoms with E-state index in [4.69, 9.17) is 9.47 Å². The third-order valence-electron chi connectivity index (χ3n) is 3.86. The van der Waals surface area contributed by atoms with E-state index in [1.165, 1.54) is 6.92 Å². The third-order valence-corrected chi connectivity index (χ3v) is 3.86. The lowest BCUT2D eigenvalue weighted by molar-refractivity contribution is -0.183.